The van der Waals surface area contributed by atoms with Gasteiger partial charge < -0.3 is 20.1 Å². The lowest BCUT2D eigenvalue weighted by Crippen LogP contribution is -2.72. The van der Waals surface area contributed by atoms with Crippen LogP contribution in [0.3, 0.4) is 0 Å². The van der Waals surface area contributed by atoms with Crippen LogP contribution in [0.5, 0.6) is 11.5 Å². The van der Waals surface area contributed by atoms with Gasteiger partial charge in [-0.3, -0.25) is 9.69 Å². The van der Waals surface area contributed by atoms with Crippen LogP contribution >= 0.6 is 12.2 Å². The highest BCUT2D eigenvalue weighted by Crippen LogP contribution is 2.49. The zero-order valence-electron chi connectivity index (χ0n) is 18.7. The van der Waals surface area contributed by atoms with Crippen molar-refractivity contribution in [1.82, 2.24) is 5.32 Å². The molecule has 33 heavy (non-hydrogen) atoms. The summed E-state index contributed by atoms with van der Waals surface area (Å²) in [6.07, 6.45) is 0. The second-order valence-electron chi connectivity index (χ2n) is 8.49. The number of thiocarbonyl (C=S) groups is 1. The Morgan fingerprint density at radius 1 is 1.09 bits per heavy atom. The third kappa shape index (κ3) is 3.58. The van der Waals surface area contributed by atoms with Crippen LogP contribution in [0.4, 0.5) is 11.4 Å². The van der Waals surface area contributed by atoms with Crippen molar-refractivity contribution in [2.24, 2.45) is 5.92 Å². The summed E-state index contributed by atoms with van der Waals surface area (Å²) >= 11 is 5.78. The lowest BCUT2D eigenvalue weighted by molar-refractivity contribution is -0.130. The van der Waals surface area contributed by atoms with E-state index < -0.39 is 11.6 Å². The highest BCUT2D eigenvalue weighted by Gasteiger charge is 2.59. The van der Waals surface area contributed by atoms with Crippen LogP contribution in [0, 0.1) is 12.8 Å². The molecule has 0 spiro atoms. The molecule has 7 heteroatoms. The van der Waals surface area contributed by atoms with Gasteiger partial charge in [-0.15, -0.1) is 0 Å². The molecule has 2 N–H and O–H groups in total. The molecule has 5 rings (SSSR count). The number of anilines is 2. The first kappa shape index (κ1) is 21.3. The monoisotopic (exact) mass is 459 g/mol. The average Bonchev–Trinajstić information content (AvgIpc) is 2.80. The molecule has 0 unspecified atom stereocenters. The van der Waals surface area contributed by atoms with Crippen molar-refractivity contribution in [3.05, 3.63) is 83.9 Å². The fraction of sp³-hybridized carbons (Fsp3) is 0.231. The van der Waals surface area contributed by atoms with Gasteiger partial charge in [0, 0.05) is 16.9 Å². The van der Waals surface area contributed by atoms with E-state index in [9.17, 15) is 4.79 Å². The number of para-hydroxylation sites is 1. The number of carbonyl (C=O) groups excluding carboxylic acids is 1. The summed E-state index contributed by atoms with van der Waals surface area (Å²) in [6, 6.07) is 22.8. The van der Waals surface area contributed by atoms with E-state index in [0.717, 1.165) is 28.3 Å². The molecule has 3 aromatic rings. The van der Waals surface area contributed by atoms with E-state index in [-0.39, 0.29) is 11.9 Å². The predicted molar refractivity (Wildman–Crippen MR) is 133 cm³/mol. The van der Waals surface area contributed by atoms with Gasteiger partial charge >= 0.3 is 0 Å². The molecule has 1 saturated heterocycles. The Morgan fingerprint density at radius 3 is 2.48 bits per heavy atom. The van der Waals surface area contributed by atoms with Crippen LogP contribution in [0.1, 0.15) is 24.1 Å². The summed E-state index contributed by atoms with van der Waals surface area (Å²) in [4.78, 5) is 15.7. The maximum atomic E-state index is 13.8. The molecule has 2 aliphatic rings. The molecule has 3 atom stereocenters. The minimum atomic E-state index is -1.03. The fourth-order valence-electron chi connectivity index (χ4n) is 4.71. The molecule has 1 fully saturated rings. The molecule has 1 amide bonds. The number of benzene rings is 3. The second-order valence-corrected chi connectivity index (χ2v) is 8.87. The number of aryl methyl sites for hydroxylation is 1. The van der Waals surface area contributed by atoms with Crippen LogP contribution in [0.25, 0.3) is 0 Å². The van der Waals surface area contributed by atoms with Crippen LogP contribution in [-0.2, 0) is 4.79 Å². The standard InChI is InChI=1S/C26H25N3O3S/c1-16-8-12-18(13-9-16)29-25(33)28-23-20-6-4-5-7-21(20)32-26(29,2)22(23)24(30)27-17-10-14-19(31-3)15-11-17/h4-15,22-23H,1-3H3,(H,27,30)(H,28,33)/t22-,23-,26+/m1/s1. The van der Waals surface area contributed by atoms with Gasteiger partial charge in [0.1, 0.15) is 17.4 Å². The second kappa shape index (κ2) is 8.08. The zero-order chi connectivity index (χ0) is 23.2. The SMILES string of the molecule is COc1ccc(NC(=O)[C@H]2[C@@H]3NC(=S)N(c4ccc(C)cc4)[C@@]2(C)Oc2ccccc23)cc1. The van der Waals surface area contributed by atoms with Gasteiger partial charge in [0.25, 0.3) is 0 Å². The molecule has 0 aliphatic carbocycles. The average molecular weight is 460 g/mol. The van der Waals surface area contributed by atoms with Gasteiger partial charge in [-0.25, -0.2) is 0 Å². The van der Waals surface area contributed by atoms with Crippen molar-refractivity contribution in [3.8, 4) is 11.5 Å². The molecule has 0 saturated carbocycles. The minimum absolute atomic E-state index is 0.158. The third-order valence-electron chi connectivity index (χ3n) is 6.34. The quantitative estimate of drug-likeness (QED) is 0.547. The molecule has 6 nitrogen and oxygen atoms in total. The van der Waals surface area contributed by atoms with E-state index in [1.54, 1.807) is 7.11 Å². The highest BCUT2D eigenvalue weighted by atomic mass is 32.1. The number of hydrogen-bond donors (Lipinski definition) is 2. The molecule has 3 aromatic carbocycles. The first-order valence-electron chi connectivity index (χ1n) is 10.8. The molecule has 168 valence electrons. The van der Waals surface area contributed by atoms with E-state index in [1.165, 1.54) is 0 Å². The molecule has 2 heterocycles. The summed E-state index contributed by atoms with van der Waals surface area (Å²) in [5, 5.41) is 7.01. The van der Waals surface area contributed by atoms with Crippen molar-refractivity contribution >= 4 is 34.6 Å². The number of methoxy groups -OCH3 is 1. The number of ether oxygens (including phenoxy) is 2. The zero-order valence-corrected chi connectivity index (χ0v) is 19.5. The highest BCUT2D eigenvalue weighted by molar-refractivity contribution is 7.80. The van der Waals surface area contributed by atoms with E-state index >= 15 is 0 Å². The largest absolute Gasteiger partial charge is 0.497 e. The van der Waals surface area contributed by atoms with E-state index in [4.69, 9.17) is 21.7 Å². The van der Waals surface area contributed by atoms with Gasteiger partial charge in [-0.05, 0) is 68.5 Å². The summed E-state index contributed by atoms with van der Waals surface area (Å²) in [5.41, 5.74) is 2.57. The van der Waals surface area contributed by atoms with Crippen molar-refractivity contribution in [3.63, 3.8) is 0 Å². The molecular weight excluding hydrogens is 434 g/mol. The van der Waals surface area contributed by atoms with Crippen LogP contribution in [0.15, 0.2) is 72.8 Å². The summed E-state index contributed by atoms with van der Waals surface area (Å²) in [5.74, 6) is 0.728. The van der Waals surface area contributed by atoms with E-state index in [0.29, 0.717) is 10.8 Å². The summed E-state index contributed by atoms with van der Waals surface area (Å²) in [7, 11) is 1.61. The van der Waals surface area contributed by atoms with Gasteiger partial charge in [0.2, 0.25) is 5.91 Å². The first-order valence-corrected chi connectivity index (χ1v) is 11.2. The summed E-state index contributed by atoms with van der Waals surface area (Å²) < 4.78 is 11.8. The Morgan fingerprint density at radius 2 is 1.79 bits per heavy atom. The number of hydrogen-bond acceptors (Lipinski definition) is 4. The maximum absolute atomic E-state index is 13.8. The Hall–Kier alpha value is -3.58. The lowest BCUT2D eigenvalue weighted by Gasteiger charge is -2.56. The van der Waals surface area contributed by atoms with E-state index in [2.05, 4.69) is 10.6 Å². The topological polar surface area (TPSA) is 62.8 Å². The Kier molecular flexibility index (Phi) is 5.21. The van der Waals surface area contributed by atoms with E-state index in [1.807, 2.05) is 91.5 Å². The van der Waals surface area contributed by atoms with Crippen molar-refractivity contribution in [2.75, 3.05) is 17.3 Å². The molecule has 2 bridgehead atoms. The van der Waals surface area contributed by atoms with Crippen molar-refractivity contribution in [1.29, 1.82) is 0 Å². The molecule has 0 aromatic heterocycles. The van der Waals surface area contributed by atoms with Gasteiger partial charge in [-0.1, -0.05) is 35.9 Å². The first-order chi connectivity index (χ1) is 15.9. The molecular formula is C26H25N3O3S. The van der Waals surface area contributed by atoms with Crippen LogP contribution < -0.4 is 25.0 Å². The smallest absolute Gasteiger partial charge is 0.236 e. The van der Waals surface area contributed by atoms with Gasteiger partial charge in [0.15, 0.2) is 10.8 Å². The maximum Gasteiger partial charge on any atom is 0.236 e. The number of nitrogens with zero attached hydrogens (tertiary/aromatic N) is 1. The lowest BCUT2D eigenvalue weighted by atomic mass is 9.78. The number of carbonyl (C=O) groups is 1. The fourth-order valence-corrected chi connectivity index (χ4v) is 5.12. The number of amides is 1. The predicted octanol–water partition coefficient (Wildman–Crippen LogP) is 4.80. The van der Waals surface area contributed by atoms with Gasteiger partial charge in [-0.2, -0.15) is 0 Å². The Balaban J connectivity index is 1.58. The van der Waals surface area contributed by atoms with Crippen molar-refractivity contribution < 1.29 is 14.3 Å². The number of rotatable bonds is 4. The van der Waals surface area contributed by atoms with Crippen LogP contribution in [-0.4, -0.2) is 23.9 Å². The molecule has 0 radical (unpaired) electrons. The summed E-state index contributed by atoms with van der Waals surface area (Å²) in [6.45, 7) is 3.97. The Labute approximate surface area is 198 Å². The van der Waals surface area contributed by atoms with Gasteiger partial charge in [0.05, 0.1) is 13.2 Å². The van der Waals surface area contributed by atoms with Crippen molar-refractivity contribution in [2.45, 2.75) is 25.6 Å². The number of nitrogens with one attached hydrogen (secondary N) is 2. The van der Waals surface area contributed by atoms with Crippen LogP contribution in [0.2, 0.25) is 0 Å². The number of fused-ring (bicyclic) bond motifs is 4. The Bertz CT molecular complexity index is 1210. The molecule has 2 aliphatic heterocycles. The minimum Gasteiger partial charge on any atom is -0.497 e. The normalized spacial score (nSPS) is 23.1. The third-order valence-corrected chi connectivity index (χ3v) is 6.64.